The largest absolute Gasteiger partial charge is 1.00 e. The first-order valence-corrected chi connectivity index (χ1v) is 8.90. The highest BCUT2D eigenvalue weighted by Gasteiger charge is 2.13. The molecule has 0 aliphatic rings. The number of hydrogen-bond acceptors (Lipinski definition) is 3. The predicted octanol–water partition coefficient (Wildman–Crippen LogP) is 0.392. The molecule has 0 bridgehead atoms. The zero-order chi connectivity index (χ0) is 20.6. The Labute approximate surface area is 178 Å². The average molecular weight is 433 g/mol. The van der Waals surface area contributed by atoms with Gasteiger partial charge in [-0.25, -0.2) is 0 Å². The Hall–Kier alpha value is -3.32. The Bertz CT molecular complexity index is 983. The van der Waals surface area contributed by atoms with Gasteiger partial charge in [-0.15, -0.1) is 0 Å². The Morgan fingerprint density at radius 1 is 0.933 bits per heavy atom. The van der Waals surface area contributed by atoms with Gasteiger partial charge in [-0.1, -0.05) is 30.3 Å². The van der Waals surface area contributed by atoms with Crippen LogP contribution in [0.4, 0.5) is 8.78 Å². The molecule has 30 heavy (non-hydrogen) atoms. The minimum absolute atomic E-state index is 0. The minimum atomic E-state index is -2.91. The van der Waals surface area contributed by atoms with Gasteiger partial charge < -0.3 is 22.5 Å². The Morgan fingerprint density at radius 2 is 1.63 bits per heavy atom. The summed E-state index contributed by atoms with van der Waals surface area (Å²) in [6.45, 7) is -2.46. The van der Waals surface area contributed by atoms with E-state index in [2.05, 4.69) is 10.1 Å². The Kier molecular flexibility index (Phi) is 8.43. The number of Topliss-reactive ketones (excluding diaryl/α,β-unsaturated/α-hetero) is 1. The monoisotopic (exact) mass is 432 g/mol. The highest BCUT2D eigenvalue weighted by atomic mass is 35.5. The number of benzene rings is 2. The van der Waals surface area contributed by atoms with Crippen molar-refractivity contribution in [2.24, 2.45) is 0 Å². The van der Waals surface area contributed by atoms with Gasteiger partial charge >= 0.3 is 6.61 Å². The van der Waals surface area contributed by atoms with Gasteiger partial charge in [0.1, 0.15) is 5.75 Å². The number of ether oxygens (including phenoxy) is 1. The lowest BCUT2D eigenvalue weighted by Crippen LogP contribution is -3.00. The van der Waals surface area contributed by atoms with Crippen molar-refractivity contribution in [1.29, 1.82) is 0 Å². The number of hydrogen-bond donors (Lipinski definition) is 1. The summed E-state index contributed by atoms with van der Waals surface area (Å²) in [5.41, 5.74) is 1.78. The maximum absolute atomic E-state index is 12.3. The van der Waals surface area contributed by atoms with Crippen molar-refractivity contribution < 1.29 is 40.1 Å². The third kappa shape index (κ3) is 6.63. The SMILES string of the molecule is O=C(C[n+]1cccc(CNC(=O)c2ccc(OC(F)F)cc2)c1)c1ccccc1.[Cl-]. The van der Waals surface area contributed by atoms with Crippen LogP contribution in [0.15, 0.2) is 79.1 Å². The predicted molar refractivity (Wildman–Crippen MR) is 102 cm³/mol. The highest BCUT2D eigenvalue weighted by Crippen LogP contribution is 2.15. The zero-order valence-corrected chi connectivity index (χ0v) is 16.6. The number of carbonyl (C=O) groups excluding carboxylic acids is 2. The molecule has 0 unspecified atom stereocenters. The number of amides is 1. The third-order valence-corrected chi connectivity index (χ3v) is 4.14. The maximum atomic E-state index is 12.3. The number of halogens is 3. The molecule has 5 nitrogen and oxygen atoms in total. The fourth-order valence-corrected chi connectivity index (χ4v) is 2.73. The van der Waals surface area contributed by atoms with E-state index in [1.54, 1.807) is 35.2 Å². The second-order valence-electron chi connectivity index (χ2n) is 6.26. The van der Waals surface area contributed by atoms with Crippen molar-refractivity contribution in [2.75, 3.05) is 0 Å². The topological polar surface area (TPSA) is 59.3 Å². The van der Waals surface area contributed by atoms with Gasteiger partial charge in [0.05, 0.1) is 0 Å². The van der Waals surface area contributed by atoms with Crippen molar-refractivity contribution in [3.8, 4) is 5.75 Å². The van der Waals surface area contributed by atoms with E-state index >= 15 is 0 Å². The van der Waals surface area contributed by atoms with Crippen molar-refractivity contribution in [2.45, 2.75) is 19.7 Å². The molecule has 0 saturated carbocycles. The molecular formula is C22H19ClF2N2O3. The van der Waals surface area contributed by atoms with Crippen LogP contribution < -0.4 is 27.0 Å². The van der Waals surface area contributed by atoms with Crippen molar-refractivity contribution in [3.05, 3.63) is 95.8 Å². The summed E-state index contributed by atoms with van der Waals surface area (Å²) in [6, 6.07) is 18.1. The van der Waals surface area contributed by atoms with Crippen LogP contribution in [0.3, 0.4) is 0 Å². The molecule has 0 radical (unpaired) electrons. The first kappa shape index (κ1) is 23.0. The van der Waals surface area contributed by atoms with Gasteiger partial charge in [0.15, 0.2) is 12.4 Å². The molecule has 156 valence electrons. The summed E-state index contributed by atoms with van der Waals surface area (Å²) in [6.07, 6.45) is 3.58. The van der Waals surface area contributed by atoms with Crippen LogP contribution in [-0.2, 0) is 13.1 Å². The molecule has 0 atom stereocenters. The standard InChI is InChI=1S/C22H18F2N2O3.ClH/c23-22(24)29-19-10-8-18(9-11-19)21(28)25-13-16-5-4-12-26(14-16)15-20(27)17-6-2-1-3-7-17;/h1-12,14,22H,13,15H2;1H. The summed E-state index contributed by atoms with van der Waals surface area (Å²) in [5.74, 6) is -0.365. The minimum Gasteiger partial charge on any atom is -1.00 e. The lowest BCUT2D eigenvalue weighted by molar-refractivity contribution is -0.683. The molecule has 0 saturated heterocycles. The van der Waals surface area contributed by atoms with E-state index in [9.17, 15) is 18.4 Å². The lowest BCUT2D eigenvalue weighted by Gasteiger charge is -2.07. The fraction of sp³-hybridized carbons (Fsp3) is 0.136. The van der Waals surface area contributed by atoms with E-state index in [0.29, 0.717) is 11.1 Å². The number of ketones is 1. The first-order valence-electron chi connectivity index (χ1n) is 8.90. The van der Waals surface area contributed by atoms with E-state index in [1.807, 2.05) is 24.3 Å². The van der Waals surface area contributed by atoms with Crippen molar-refractivity contribution >= 4 is 11.7 Å². The Balaban J connectivity index is 0.00000320. The molecule has 1 aromatic heterocycles. The summed E-state index contributed by atoms with van der Waals surface area (Å²) in [4.78, 5) is 24.6. The second-order valence-corrected chi connectivity index (χ2v) is 6.26. The molecule has 1 N–H and O–H groups in total. The molecular weight excluding hydrogens is 414 g/mol. The molecule has 1 heterocycles. The molecule has 0 fully saturated rings. The lowest BCUT2D eigenvalue weighted by atomic mass is 10.1. The molecule has 0 aliphatic carbocycles. The quantitative estimate of drug-likeness (QED) is 0.414. The number of pyridine rings is 1. The van der Waals surface area contributed by atoms with Gasteiger partial charge in [0.25, 0.3) is 5.91 Å². The molecule has 3 aromatic rings. The van der Waals surface area contributed by atoms with Gasteiger partial charge in [-0.2, -0.15) is 13.3 Å². The van der Waals surface area contributed by atoms with Crippen LogP contribution >= 0.6 is 0 Å². The molecule has 1 amide bonds. The van der Waals surface area contributed by atoms with Crippen LogP contribution in [-0.4, -0.2) is 18.3 Å². The van der Waals surface area contributed by atoms with Gasteiger partial charge in [-0.05, 0) is 30.3 Å². The number of aromatic nitrogens is 1. The maximum Gasteiger partial charge on any atom is 0.387 e. The van der Waals surface area contributed by atoms with Crippen LogP contribution in [0.1, 0.15) is 26.3 Å². The van der Waals surface area contributed by atoms with E-state index in [4.69, 9.17) is 0 Å². The summed E-state index contributed by atoms with van der Waals surface area (Å²) >= 11 is 0. The van der Waals surface area contributed by atoms with E-state index < -0.39 is 6.61 Å². The van der Waals surface area contributed by atoms with Crippen LogP contribution in [0, 0.1) is 0 Å². The second kappa shape index (κ2) is 11.0. The Morgan fingerprint density at radius 3 is 2.30 bits per heavy atom. The summed E-state index contributed by atoms with van der Waals surface area (Å²) < 4.78 is 30.4. The number of nitrogens with one attached hydrogen (secondary N) is 1. The van der Waals surface area contributed by atoms with E-state index in [0.717, 1.165) is 5.56 Å². The van der Waals surface area contributed by atoms with Crippen molar-refractivity contribution in [1.82, 2.24) is 5.32 Å². The molecule has 3 rings (SSSR count). The van der Waals surface area contributed by atoms with Crippen LogP contribution in [0.5, 0.6) is 5.75 Å². The van der Waals surface area contributed by atoms with Crippen LogP contribution in [0.25, 0.3) is 0 Å². The summed E-state index contributed by atoms with van der Waals surface area (Å²) in [7, 11) is 0. The average Bonchev–Trinajstić information content (AvgIpc) is 2.73. The zero-order valence-electron chi connectivity index (χ0n) is 15.8. The van der Waals surface area contributed by atoms with E-state index in [1.165, 1.54) is 24.3 Å². The smallest absolute Gasteiger partial charge is 0.387 e. The van der Waals surface area contributed by atoms with Crippen LogP contribution in [0.2, 0.25) is 0 Å². The van der Waals surface area contributed by atoms with Crippen molar-refractivity contribution in [3.63, 3.8) is 0 Å². The van der Waals surface area contributed by atoms with Gasteiger partial charge in [0, 0.05) is 29.3 Å². The van der Waals surface area contributed by atoms with Gasteiger partial charge in [-0.3, -0.25) is 9.59 Å². The molecule has 0 spiro atoms. The van der Waals surface area contributed by atoms with Gasteiger partial charge in [0.2, 0.25) is 12.3 Å². The third-order valence-electron chi connectivity index (χ3n) is 4.14. The first-order chi connectivity index (χ1) is 14.0. The molecule has 2 aromatic carbocycles. The summed E-state index contributed by atoms with van der Waals surface area (Å²) in [5, 5.41) is 2.76. The number of rotatable bonds is 8. The molecule has 8 heteroatoms. The highest BCUT2D eigenvalue weighted by molar-refractivity contribution is 5.95. The van der Waals surface area contributed by atoms with E-state index in [-0.39, 0.29) is 42.9 Å². The number of nitrogens with zero attached hydrogens (tertiary/aromatic N) is 1. The fourth-order valence-electron chi connectivity index (χ4n) is 2.73. The number of alkyl halides is 2. The number of carbonyl (C=O) groups is 2. The molecule has 0 aliphatic heterocycles. The normalized spacial score (nSPS) is 10.2.